The second kappa shape index (κ2) is 5.73. The molecule has 0 spiro atoms. The maximum Gasteiger partial charge on any atom is 0.259 e. The summed E-state index contributed by atoms with van der Waals surface area (Å²) < 4.78 is 1.70. The molecule has 0 saturated heterocycles. The Morgan fingerprint density at radius 3 is 2.68 bits per heavy atom. The van der Waals surface area contributed by atoms with Crippen LogP contribution in [0.25, 0.3) is 10.8 Å². The zero-order valence-electron chi connectivity index (χ0n) is 14.1. The Morgan fingerprint density at radius 1 is 1.20 bits per heavy atom. The highest BCUT2D eigenvalue weighted by atomic mass is 16.2. The van der Waals surface area contributed by atoms with Crippen molar-refractivity contribution in [1.82, 2.24) is 14.7 Å². The van der Waals surface area contributed by atoms with Crippen LogP contribution in [-0.2, 0) is 18.4 Å². The van der Waals surface area contributed by atoms with Gasteiger partial charge in [-0.1, -0.05) is 24.3 Å². The van der Waals surface area contributed by atoms with Crippen LogP contribution in [0.1, 0.15) is 15.9 Å². The SMILES string of the molecule is CN(Cc1cnn(C)c1)C(=O)CN1C(=O)c2cccc3cccc1c23. The third kappa shape index (κ3) is 2.55. The number of carbonyl (C=O) groups excluding carboxylic acids is 2. The van der Waals surface area contributed by atoms with E-state index in [1.54, 1.807) is 27.7 Å². The Bertz CT molecular complexity index is 987. The van der Waals surface area contributed by atoms with Gasteiger partial charge in [-0.2, -0.15) is 5.10 Å². The number of carbonyl (C=O) groups is 2. The molecule has 6 heteroatoms. The van der Waals surface area contributed by atoms with E-state index in [-0.39, 0.29) is 18.4 Å². The van der Waals surface area contributed by atoms with Crippen LogP contribution in [0.15, 0.2) is 48.8 Å². The van der Waals surface area contributed by atoms with Crippen molar-refractivity contribution in [3.8, 4) is 0 Å². The van der Waals surface area contributed by atoms with E-state index in [1.807, 2.05) is 49.6 Å². The fraction of sp³-hybridized carbons (Fsp3) is 0.211. The van der Waals surface area contributed by atoms with Crippen LogP contribution in [-0.4, -0.2) is 40.1 Å². The van der Waals surface area contributed by atoms with Crippen LogP contribution in [0.5, 0.6) is 0 Å². The molecule has 0 saturated carbocycles. The summed E-state index contributed by atoms with van der Waals surface area (Å²) in [6, 6.07) is 11.5. The van der Waals surface area contributed by atoms with E-state index >= 15 is 0 Å². The molecule has 0 bridgehead atoms. The lowest BCUT2D eigenvalue weighted by Crippen LogP contribution is -2.39. The number of rotatable bonds is 4. The molecule has 126 valence electrons. The predicted octanol–water partition coefficient (Wildman–Crippen LogP) is 2.19. The van der Waals surface area contributed by atoms with Gasteiger partial charge in [-0.05, 0) is 17.5 Å². The van der Waals surface area contributed by atoms with Gasteiger partial charge in [0, 0.05) is 43.4 Å². The van der Waals surface area contributed by atoms with Gasteiger partial charge in [0.2, 0.25) is 5.91 Å². The van der Waals surface area contributed by atoms with Crippen molar-refractivity contribution in [2.75, 3.05) is 18.5 Å². The first kappa shape index (κ1) is 15.4. The van der Waals surface area contributed by atoms with E-state index in [0.29, 0.717) is 12.1 Å². The molecule has 2 heterocycles. The van der Waals surface area contributed by atoms with E-state index in [2.05, 4.69) is 5.10 Å². The molecular formula is C19H18N4O2. The van der Waals surface area contributed by atoms with E-state index in [9.17, 15) is 9.59 Å². The summed E-state index contributed by atoms with van der Waals surface area (Å²) >= 11 is 0. The first-order valence-corrected chi connectivity index (χ1v) is 8.09. The Morgan fingerprint density at radius 2 is 1.96 bits per heavy atom. The summed E-state index contributed by atoms with van der Waals surface area (Å²) in [6.45, 7) is 0.495. The summed E-state index contributed by atoms with van der Waals surface area (Å²) in [6.07, 6.45) is 3.61. The minimum atomic E-state index is -0.116. The predicted molar refractivity (Wildman–Crippen MR) is 95.3 cm³/mol. The number of likely N-dealkylation sites (N-methyl/N-ethyl adjacent to an activating group) is 1. The second-order valence-corrected chi connectivity index (χ2v) is 6.34. The molecule has 2 aromatic carbocycles. The van der Waals surface area contributed by atoms with Gasteiger partial charge in [-0.25, -0.2) is 0 Å². The van der Waals surface area contributed by atoms with Crippen molar-refractivity contribution in [3.63, 3.8) is 0 Å². The maximum absolute atomic E-state index is 12.7. The van der Waals surface area contributed by atoms with Gasteiger partial charge in [-0.15, -0.1) is 0 Å². The van der Waals surface area contributed by atoms with Crippen LogP contribution in [0, 0.1) is 0 Å². The highest BCUT2D eigenvalue weighted by molar-refractivity contribution is 6.26. The summed E-state index contributed by atoms with van der Waals surface area (Å²) in [5, 5.41) is 6.06. The van der Waals surface area contributed by atoms with Gasteiger partial charge >= 0.3 is 0 Å². The lowest BCUT2D eigenvalue weighted by atomic mass is 10.1. The Balaban J connectivity index is 1.56. The molecular weight excluding hydrogens is 316 g/mol. The molecule has 0 atom stereocenters. The van der Waals surface area contributed by atoms with Crippen LogP contribution in [0.4, 0.5) is 5.69 Å². The lowest BCUT2D eigenvalue weighted by molar-refractivity contribution is -0.128. The highest BCUT2D eigenvalue weighted by Gasteiger charge is 2.31. The Hall–Kier alpha value is -3.15. The smallest absolute Gasteiger partial charge is 0.259 e. The average Bonchev–Trinajstić information content (AvgIpc) is 3.13. The summed E-state index contributed by atoms with van der Waals surface area (Å²) in [4.78, 5) is 28.6. The summed E-state index contributed by atoms with van der Waals surface area (Å²) in [7, 11) is 3.58. The third-order valence-corrected chi connectivity index (χ3v) is 4.55. The number of benzene rings is 2. The topological polar surface area (TPSA) is 58.4 Å². The quantitative estimate of drug-likeness (QED) is 0.735. The van der Waals surface area contributed by atoms with Crippen molar-refractivity contribution >= 4 is 28.3 Å². The van der Waals surface area contributed by atoms with Crippen molar-refractivity contribution in [2.45, 2.75) is 6.54 Å². The summed E-state index contributed by atoms with van der Waals surface area (Å²) in [5.74, 6) is -0.225. The zero-order valence-corrected chi connectivity index (χ0v) is 14.1. The van der Waals surface area contributed by atoms with E-state index in [0.717, 1.165) is 22.0 Å². The maximum atomic E-state index is 12.7. The van der Waals surface area contributed by atoms with E-state index in [1.165, 1.54) is 0 Å². The number of nitrogens with zero attached hydrogens (tertiary/aromatic N) is 4. The monoisotopic (exact) mass is 334 g/mol. The molecule has 1 aromatic heterocycles. The van der Waals surface area contributed by atoms with Gasteiger partial charge in [0.25, 0.3) is 5.91 Å². The first-order valence-electron chi connectivity index (χ1n) is 8.09. The first-order chi connectivity index (χ1) is 12.0. The highest BCUT2D eigenvalue weighted by Crippen LogP contribution is 2.36. The lowest BCUT2D eigenvalue weighted by Gasteiger charge is -2.22. The Labute approximate surface area is 145 Å². The van der Waals surface area contributed by atoms with Crippen molar-refractivity contribution in [3.05, 3.63) is 59.9 Å². The van der Waals surface area contributed by atoms with E-state index < -0.39 is 0 Å². The number of hydrogen-bond donors (Lipinski definition) is 0. The minimum Gasteiger partial charge on any atom is -0.340 e. The molecule has 0 unspecified atom stereocenters. The standard InChI is InChI=1S/C19H18N4O2/c1-21(10-13-9-20-22(2)11-13)17(24)12-23-16-8-4-6-14-5-3-7-15(18(14)16)19(23)25/h3-9,11H,10,12H2,1-2H3. The molecule has 0 N–H and O–H groups in total. The number of aryl methyl sites for hydroxylation is 1. The van der Waals surface area contributed by atoms with Gasteiger partial charge in [0.1, 0.15) is 6.54 Å². The zero-order chi connectivity index (χ0) is 17.6. The molecule has 0 radical (unpaired) electrons. The minimum absolute atomic E-state index is 0.0311. The average molecular weight is 334 g/mol. The largest absolute Gasteiger partial charge is 0.340 e. The fourth-order valence-electron chi connectivity index (χ4n) is 3.31. The molecule has 2 amide bonds. The molecule has 3 aromatic rings. The van der Waals surface area contributed by atoms with Crippen molar-refractivity contribution in [2.24, 2.45) is 7.05 Å². The molecule has 6 nitrogen and oxygen atoms in total. The number of aromatic nitrogens is 2. The Kier molecular flexibility index (Phi) is 3.53. The van der Waals surface area contributed by atoms with Gasteiger partial charge in [0.15, 0.2) is 0 Å². The van der Waals surface area contributed by atoms with E-state index in [4.69, 9.17) is 0 Å². The number of anilines is 1. The van der Waals surface area contributed by atoms with Crippen LogP contribution in [0.3, 0.4) is 0 Å². The van der Waals surface area contributed by atoms with Gasteiger partial charge in [0.05, 0.1) is 11.9 Å². The third-order valence-electron chi connectivity index (χ3n) is 4.55. The normalized spacial score (nSPS) is 12.9. The number of hydrogen-bond acceptors (Lipinski definition) is 3. The molecule has 1 aliphatic heterocycles. The van der Waals surface area contributed by atoms with Crippen LogP contribution >= 0.6 is 0 Å². The molecule has 1 aliphatic rings. The number of amides is 2. The van der Waals surface area contributed by atoms with Crippen molar-refractivity contribution in [1.29, 1.82) is 0 Å². The fourth-order valence-corrected chi connectivity index (χ4v) is 3.31. The molecule has 0 aliphatic carbocycles. The molecule has 4 rings (SSSR count). The van der Waals surface area contributed by atoms with Crippen LogP contribution < -0.4 is 4.90 Å². The molecule has 0 fully saturated rings. The van der Waals surface area contributed by atoms with Crippen molar-refractivity contribution < 1.29 is 9.59 Å². The van der Waals surface area contributed by atoms with Crippen LogP contribution in [0.2, 0.25) is 0 Å². The van der Waals surface area contributed by atoms with Gasteiger partial charge in [-0.3, -0.25) is 19.2 Å². The summed E-state index contributed by atoms with van der Waals surface area (Å²) in [5.41, 5.74) is 2.42. The van der Waals surface area contributed by atoms with Gasteiger partial charge < -0.3 is 4.90 Å². The second-order valence-electron chi connectivity index (χ2n) is 6.34. The molecule has 25 heavy (non-hydrogen) atoms.